The molecule has 5 nitrogen and oxygen atoms in total. The lowest BCUT2D eigenvalue weighted by molar-refractivity contribution is -0.135. The van der Waals surface area contributed by atoms with E-state index in [2.05, 4.69) is 42.2 Å². The minimum Gasteiger partial charge on any atom is -0.424 e. The van der Waals surface area contributed by atoms with Crippen LogP contribution in [0.25, 0.3) is 11.0 Å². The highest BCUT2D eigenvalue weighted by Crippen LogP contribution is 2.28. The third-order valence-electron chi connectivity index (χ3n) is 2.82. The quantitative estimate of drug-likeness (QED) is 0.489. The Kier molecular flexibility index (Phi) is 4.03. The van der Waals surface area contributed by atoms with E-state index >= 15 is 0 Å². The zero-order valence-electron chi connectivity index (χ0n) is 10.7. The van der Waals surface area contributed by atoms with E-state index in [0.717, 1.165) is 15.5 Å². The van der Waals surface area contributed by atoms with E-state index in [1.807, 2.05) is 30.3 Å². The molecule has 7 heteroatoms. The van der Waals surface area contributed by atoms with Gasteiger partial charge in [0.2, 0.25) is 0 Å². The van der Waals surface area contributed by atoms with Gasteiger partial charge in [-0.25, -0.2) is 9.48 Å². The molecule has 0 spiro atoms. The SMILES string of the molecule is O=C(Cn1nnc2ccccc21)Oc1ccc(Br)cc1Br. The lowest BCUT2D eigenvalue weighted by Crippen LogP contribution is -2.17. The van der Waals surface area contributed by atoms with Crippen molar-refractivity contribution < 1.29 is 9.53 Å². The summed E-state index contributed by atoms with van der Waals surface area (Å²) in [7, 11) is 0. The molecule has 106 valence electrons. The molecule has 0 saturated carbocycles. The van der Waals surface area contributed by atoms with Crippen molar-refractivity contribution in [3.05, 3.63) is 51.4 Å². The van der Waals surface area contributed by atoms with Gasteiger partial charge in [-0.3, -0.25) is 0 Å². The monoisotopic (exact) mass is 409 g/mol. The summed E-state index contributed by atoms with van der Waals surface area (Å²) >= 11 is 6.70. The van der Waals surface area contributed by atoms with Crippen LogP contribution in [0.5, 0.6) is 5.75 Å². The maximum atomic E-state index is 12.0. The standard InChI is InChI=1S/C14H9Br2N3O2/c15-9-5-6-13(10(16)7-9)21-14(20)8-19-12-4-2-1-3-11(12)17-18-19/h1-7H,8H2. The second-order valence-corrected chi connectivity index (χ2v) is 6.05. The van der Waals surface area contributed by atoms with Crippen LogP contribution in [0.3, 0.4) is 0 Å². The van der Waals surface area contributed by atoms with Gasteiger partial charge >= 0.3 is 5.97 Å². The molecular weight excluding hydrogens is 402 g/mol. The average Bonchev–Trinajstić information content (AvgIpc) is 2.85. The van der Waals surface area contributed by atoms with E-state index < -0.39 is 5.97 Å². The summed E-state index contributed by atoms with van der Waals surface area (Å²) in [5, 5.41) is 7.96. The summed E-state index contributed by atoms with van der Waals surface area (Å²) in [6.45, 7) is 0.00299. The smallest absolute Gasteiger partial charge is 0.333 e. The fraction of sp³-hybridized carbons (Fsp3) is 0.0714. The van der Waals surface area contributed by atoms with Crippen molar-refractivity contribution in [2.75, 3.05) is 0 Å². The molecule has 0 aliphatic carbocycles. The van der Waals surface area contributed by atoms with Crippen LogP contribution in [-0.4, -0.2) is 21.0 Å². The van der Waals surface area contributed by atoms with Gasteiger partial charge in [0.1, 0.15) is 17.8 Å². The molecule has 1 aromatic heterocycles. The van der Waals surface area contributed by atoms with E-state index in [1.165, 1.54) is 4.68 Å². The van der Waals surface area contributed by atoms with Gasteiger partial charge in [-0.15, -0.1) is 5.10 Å². The van der Waals surface area contributed by atoms with Crippen LogP contribution in [0.1, 0.15) is 0 Å². The van der Waals surface area contributed by atoms with Crippen LogP contribution in [0.4, 0.5) is 0 Å². The van der Waals surface area contributed by atoms with E-state index in [9.17, 15) is 4.79 Å². The van der Waals surface area contributed by atoms with Crippen LogP contribution in [0.2, 0.25) is 0 Å². The van der Waals surface area contributed by atoms with Crippen LogP contribution in [0, 0.1) is 0 Å². The highest BCUT2D eigenvalue weighted by molar-refractivity contribution is 9.11. The predicted octanol–water partition coefficient (Wildman–Crippen LogP) is 3.56. The van der Waals surface area contributed by atoms with Gasteiger partial charge in [-0.05, 0) is 46.3 Å². The number of halogens is 2. The van der Waals surface area contributed by atoms with Gasteiger partial charge in [-0.1, -0.05) is 33.3 Å². The highest BCUT2D eigenvalue weighted by Gasteiger charge is 2.12. The minimum absolute atomic E-state index is 0.00299. The fourth-order valence-electron chi connectivity index (χ4n) is 1.87. The molecule has 0 bridgehead atoms. The molecule has 0 fully saturated rings. The van der Waals surface area contributed by atoms with Crippen LogP contribution < -0.4 is 4.74 Å². The number of aromatic nitrogens is 3. The maximum Gasteiger partial charge on any atom is 0.333 e. The van der Waals surface area contributed by atoms with Crippen molar-refractivity contribution >= 4 is 48.9 Å². The zero-order valence-corrected chi connectivity index (χ0v) is 13.8. The number of ether oxygens (including phenoxy) is 1. The molecule has 0 aliphatic rings. The summed E-state index contributed by atoms with van der Waals surface area (Å²) in [5.41, 5.74) is 1.54. The summed E-state index contributed by atoms with van der Waals surface area (Å²) < 4.78 is 8.45. The summed E-state index contributed by atoms with van der Waals surface area (Å²) in [4.78, 5) is 12.0. The number of rotatable bonds is 3. The first-order valence-electron chi connectivity index (χ1n) is 6.07. The Balaban J connectivity index is 1.77. The van der Waals surface area contributed by atoms with Crippen molar-refractivity contribution in [1.29, 1.82) is 0 Å². The van der Waals surface area contributed by atoms with Gasteiger partial charge in [0.15, 0.2) is 0 Å². The molecule has 2 aromatic carbocycles. The zero-order chi connectivity index (χ0) is 14.8. The average molecular weight is 411 g/mol. The van der Waals surface area contributed by atoms with E-state index in [4.69, 9.17) is 4.74 Å². The first-order chi connectivity index (χ1) is 10.1. The third-order valence-corrected chi connectivity index (χ3v) is 3.93. The van der Waals surface area contributed by atoms with E-state index in [1.54, 1.807) is 12.1 Å². The van der Waals surface area contributed by atoms with Gasteiger partial charge in [-0.2, -0.15) is 0 Å². The number of nitrogens with zero attached hydrogens (tertiary/aromatic N) is 3. The molecule has 0 aliphatic heterocycles. The Hall–Kier alpha value is -1.73. The van der Waals surface area contributed by atoms with Crippen molar-refractivity contribution in [3.63, 3.8) is 0 Å². The largest absolute Gasteiger partial charge is 0.424 e. The number of esters is 1. The molecule has 0 N–H and O–H groups in total. The van der Waals surface area contributed by atoms with E-state index in [0.29, 0.717) is 10.2 Å². The van der Waals surface area contributed by atoms with Crippen molar-refractivity contribution in [3.8, 4) is 5.75 Å². The number of hydrogen-bond acceptors (Lipinski definition) is 4. The summed E-state index contributed by atoms with van der Waals surface area (Å²) in [6, 6.07) is 12.8. The molecule has 3 rings (SSSR count). The predicted molar refractivity (Wildman–Crippen MR) is 85.0 cm³/mol. The Labute approximate surface area is 137 Å². The van der Waals surface area contributed by atoms with Gasteiger partial charge in [0, 0.05) is 4.47 Å². The summed E-state index contributed by atoms with van der Waals surface area (Å²) in [5.74, 6) is 0.0568. The van der Waals surface area contributed by atoms with Crippen molar-refractivity contribution in [1.82, 2.24) is 15.0 Å². The molecule has 3 aromatic rings. The first kappa shape index (κ1) is 14.2. The van der Waals surface area contributed by atoms with Gasteiger partial charge in [0.25, 0.3) is 0 Å². The second kappa shape index (κ2) is 5.95. The maximum absolute atomic E-state index is 12.0. The number of hydrogen-bond donors (Lipinski definition) is 0. The van der Waals surface area contributed by atoms with Crippen LogP contribution >= 0.6 is 31.9 Å². The minimum atomic E-state index is -0.409. The summed E-state index contributed by atoms with van der Waals surface area (Å²) in [6.07, 6.45) is 0. The highest BCUT2D eigenvalue weighted by atomic mass is 79.9. The Bertz CT molecular complexity index is 817. The molecule has 0 saturated heterocycles. The van der Waals surface area contributed by atoms with Gasteiger partial charge in [0.05, 0.1) is 9.99 Å². The second-order valence-electron chi connectivity index (χ2n) is 4.28. The Morgan fingerprint density at radius 2 is 2.00 bits per heavy atom. The Morgan fingerprint density at radius 1 is 1.19 bits per heavy atom. The third kappa shape index (κ3) is 3.14. The first-order valence-corrected chi connectivity index (χ1v) is 7.66. The van der Waals surface area contributed by atoms with Gasteiger partial charge < -0.3 is 4.74 Å². The normalized spacial score (nSPS) is 10.8. The fourth-order valence-corrected chi connectivity index (χ4v) is 3.00. The number of carbonyl (C=O) groups excluding carboxylic acids is 1. The molecule has 1 heterocycles. The molecular formula is C14H9Br2N3O2. The number of para-hydroxylation sites is 1. The van der Waals surface area contributed by atoms with Crippen LogP contribution in [0.15, 0.2) is 51.4 Å². The molecule has 0 amide bonds. The topological polar surface area (TPSA) is 57.0 Å². The number of carbonyl (C=O) groups is 1. The molecule has 21 heavy (non-hydrogen) atoms. The Morgan fingerprint density at radius 3 is 2.81 bits per heavy atom. The van der Waals surface area contributed by atoms with Crippen molar-refractivity contribution in [2.24, 2.45) is 0 Å². The molecule has 0 unspecified atom stereocenters. The molecule has 0 radical (unpaired) electrons. The number of benzene rings is 2. The van der Waals surface area contributed by atoms with Crippen molar-refractivity contribution in [2.45, 2.75) is 6.54 Å². The number of fused-ring (bicyclic) bond motifs is 1. The lowest BCUT2D eigenvalue weighted by atomic mass is 10.3. The lowest BCUT2D eigenvalue weighted by Gasteiger charge is -2.07. The van der Waals surface area contributed by atoms with E-state index in [-0.39, 0.29) is 6.54 Å². The molecule has 0 atom stereocenters. The van der Waals surface area contributed by atoms with Crippen LogP contribution in [-0.2, 0) is 11.3 Å².